The van der Waals surface area contributed by atoms with Gasteiger partial charge in [-0.15, -0.1) is 0 Å². The van der Waals surface area contributed by atoms with Gasteiger partial charge in [-0.2, -0.15) is 0 Å². The van der Waals surface area contributed by atoms with Crippen LogP contribution in [0, 0.1) is 5.41 Å². The molecule has 0 heterocycles. The third kappa shape index (κ3) is 3.01. The van der Waals surface area contributed by atoms with Crippen LogP contribution in [-0.2, 0) is 10.0 Å². The summed E-state index contributed by atoms with van der Waals surface area (Å²) >= 11 is 0. The number of nitrogens with two attached hydrogens (primary N) is 1. The highest BCUT2D eigenvalue weighted by Gasteiger charge is 2.37. The summed E-state index contributed by atoms with van der Waals surface area (Å²) in [5.74, 6) is 0. The van der Waals surface area contributed by atoms with Gasteiger partial charge in [0.1, 0.15) is 0 Å². The van der Waals surface area contributed by atoms with Gasteiger partial charge in [0.2, 0.25) is 10.0 Å². The molecular formula is C12H24N2O2S. The van der Waals surface area contributed by atoms with Crippen LogP contribution in [0.3, 0.4) is 0 Å². The zero-order chi connectivity index (χ0) is 12.4. The van der Waals surface area contributed by atoms with E-state index in [4.69, 9.17) is 5.73 Å². The molecule has 0 aromatic carbocycles. The Balaban J connectivity index is 1.88. The van der Waals surface area contributed by atoms with Crippen LogP contribution in [0.25, 0.3) is 0 Å². The number of rotatable bonds is 5. The molecule has 0 aliphatic heterocycles. The lowest BCUT2D eigenvalue weighted by Crippen LogP contribution is -2.48. The first-order valence-corrected chi connectivity index (χ1v) is 8.31. The summed E-state index contributed by atoms with van der Waals surface area (Å²) in [7, 11) is -3.11. The van der Waals surface area contributed by atoms with Crippen LogP contribution in [0.2, 0.25) is 0 Å². The summed E-state index contributed by atoms with van der Waals surface area (Å²) in [6.07, 6.45) is 8.24. The Labute approximate surface area is 104 Å². The van der Waals surface area contributed by atoms with E-state index in [-0.39, 0.29) is 10.7 Å². The van der Waals surface area contributed by atoms with Gasteiger partial charge in [0.05, 0.1) is 5.25 Å². The molecule has 0 bridgehead atoms. The third-order valence-corrected chi connectivity index (χ3v) is 6.38. The van der Waals surface area contributed by atoms with E-state index in [0.29, 0.717) is 13.1 Å². The van der Waals surface area contributed by atoms with Crippen LogP contribution in [-0.4, -0.2) is 26.8 Å². The Bertz CT molecular complexity index is 338. The van der Waals surface area contributed by atoms with E-state index in [0.717, 1.165) is 38.5 Å². The van der Waals surface area contributed by atoms with Crippen molar-refractivity contribution >= 4 is 10.0 Å². The topological polar surface area (TPSA) is 72.2 Å². The second kappa shape index (κ2) is 5.24. The summed E-state index contributed by atoms with van der Waals surface area (Å²) in [5.41, 5.74) is 5.80. The summed E-state index contributed by atoms with van der Waals surface area (Å²) in [6.45, 7) is 1.14. The first kappa shape index (κ1) is 13.3. The fraction of sp³-hybridized carbons (Fsp3) is 1.00. The fourth-order valence-corrected chi connectivity index (χ4v) is 4.57. The molecule has 0 aromatic rings. The van der Waals surface area contributed by atoms with Crippen molar-refractivity contribution in [1.82, 2.24) is 4.72 Å². The van der Waals surface area contributed by atoms with Crippen LogP contribution in [0.15, 0.2) is 0 Å². The lowest BCUT2D eigenvalue weighted by Gasteiger charge is -2.41. The monoisotopic (exact) mass is 260 g/mol. The van der Waals surface area contributed by atoms with E-state index in [1.165, 1.54) is 12.8 Å². The van der Waals surface area contributed by atoms with Gasteiger partial charge in [-0.25, -0.2) is 13.1 Å². The second-order valence-electron chi connectivity index (χ2n) is 5.68. The zero-order valence-electron chi connectivity index (χ0n) is 10.5. The maximum atomic E-state index is 12.1. The second-order valence-corrected chi connectivity index (χ2v) is 7.73. The van der Waals surface area contributed by atoms with Gasteiger partial charge >= 0.3 is 0 Å². The van der Waals surface area contributed by atoms with Gasteiger partial charge in [0.15, 0.2) is 0 Å². The molecule has 17 heavy (non-hydrogen) atoms. The van der Waals surface area contributed by atoms with E-state index in [1.54, 1.807) is 0 Å². The van der Waals surface area contributed by atoms with Crippen molar-refractivity contribution in [3.8, 4) is 0 Å². The molecule has 0 amide bonds. The highest BCUT2D eigenvalue weighted by Crippen LogP contribution is 2.39. The smallest absolute Gasteiger partial charge is 0.214 e. The molecule has 2 saturated carbocycles. The lowest BCUT2D eigenvalue weighted by atomic mass is 9.69. The first-order valence-electron chi connectivity index (χ1n) is 6.77. The normalized spacial score (nSPS) is 25.5. The summed E-state index contributed by atoms with van der Waals surface area (Å²) < 4.78 is 27.1. The molecule has 0 radical (unpaired) electrons. The summed E-state index contributed by atoms with van der Waals surface area (Å²) in [4.78, 5) is 0. The molecule has 0 unspecified atom stereocenters. The number of hydrogen-bond acceptors (Lipinski definition) is 3. The summed E-state index contributed by atoms with van der Waals surface area (Å²) in [5, 5.41) is -0.161. The van der Waals surface area contributed by atoms with Crippen LogP contribution >= 0.6 is 0 Å². The predicted octanol–water partition coefficient (Wildman–Crippen LogP) is 1.37. The van der Waals surface area contributed by atoms with Gasteiger partial charge in [-0.05, 0) is 37.6 Å². The lowest BCUT2D eigenvalue weighted by molar-refractivity contribution is 0.150. The maximum absolute atomic E-state index is 12.1. The minimum absolute atomic E-state index is 0.0573. The van der Waals surface area contributed by atoms with E-state index in [9.17, 15) is 8.42 Å². The van der Waals surface area contributed by atoms with Gasteiger partial charge < -0.3 is 5.73 Å². The van der Waals surface area contributed by atoms with Crippen LogP contribution in [0.5, 0.6) is 0 Å². The zero-order valence-corrected chi connectivity index (χ0v) is 11.3. The molecule has 0 aromatic heterocycles. The fourth-order valence-electron chi connectivity index (χ4n) is 2.88. The van der Waals surface area contributed by atoms with E-state index < -0.39 is 10.0 Å². The maximum Gasteiger partial charge on any atom is 0.214 e. The molecule has 4 nitrogen and oxygen atoms in total. The van der Waals surface area contributed by atoms with Crippen molar-refractivity contribution < 1.29 is 8.42 Å². The first-order chi connectivity index (χ1) is 8.08. The molecular weight excluding hydrogens is 236 g/mol. The van der Waals surface area contributed by atoms with Crippen molar-refractivity contribution in [3.63, 3.8) is 0 Å². The van der Waals surface area contributed by atoms with Gasteiger partial charge in [0, 0.05) is 6.54 Å². The summed E-state index contributed by atoms with van der Waals surface area (Å²) in [6, 6.07) is 0. The van der Waals surface area contributed by atoms with Crippen LogP contribution in [0.4, 0.5) is 0 Å². The third-order valence-electron chi connectivity index (χ3n) is 4.49. The molecule has 100 valence electrons. The van der Waals surface area contributed by atoms with Crippen LogP contribution in [0.1, 0.15) is 51.4 Å². The Morgan fingerprint density at radius 2 is 1.76 bits per heavy atom. The average Bonchev–Trinajstić information content (AvgIpc) is 2.29. The van der Waals surface area contributed by atoms with Crippen molar-refractivity contribution in [2.75, 3.05) is 13.1 Å². The Morgan fingerprint density at radius 1 is 1.12 bits per heavy atom. The van der Waals surface area contributed by atoms with E-state index in [1.807, 2.05) is 0 Å². The number of hydrogen-bond donors (Lipinski definition) is 2. The molecule has 3 N–H and O–H groups in total. The molecule has 2 rings (SSSR count). The molecule has 2 fully saturated rings. The Kier molecular flexibility index (Phi) is 4.10. The van der Waals surface area contributed by atoms with Crippen molar-refractivity contribution in [2.45, 2.75) is 56.6 Å². The minimum atomic E-state index is -3.11. The highest BCUT2D eigenvalue weighted by molar-refractivity contribution is 7.90. The minimum Gasteiger partial charge on any atom is -0.330 e. The molecule has 0 atom stereocenters. The average molecular weight is 260 g/mol. The number of sulfonamides is 1. The molecule has 2 aliphatic rings. The van der Waals surface area contributed by atoms with Crippen molar-refractivity contribution in [3.05, 3.63) is 0 Å². The molecule has 0 saturated heterocycles. The molecule has 5 heteroatoms. The highest BCUT2D eigenvalue weighted by atomic mass is 32.2. The largest absolute Gasteiger partial charge is 0.330 e. The van der Waals surface area contributed by atoms with Crippen molar-refractivity contribution in [2.24, 2.45) is 11.1 Å². The Hall–Kier alpha value is -0.130. The van der Waals surface area contributed by atoms with Crippen molar-refractivity contribution in [1.29, 1.82) is 0 Å². The van der Waals surface area contributed by atoms with E-state index >= 15 is 0 Å². The van der Waals surface area contributed by atoms with Gasteiger partial charge in [-0.1, -0.05) is 25.7 Å². The standard InChI is InChI=1S/C12H24N2O2S/c13-9-12(7-4-8-12)10-14-17(15,16)11-5-2-1-3-6-11/h11,14H,1-10,13H2. The van der Waals surface area contributed by atoms with Crippen LogP contribution < -0.4 is 10.5 Å². The van der Waals surface area contributed by atoms with Gasteiger partial charge in [0.25, 0.3) is 0 Å². The SMILES string of the molecule is NCC1(CNS(=O)(=O)C2CCCCC2)CCC1. The molecule has 0 spiro atoms. The quantitative estimate of drug-likeness (QED) is 0.784. The molecule has 2 aliphatic carbocycles. The van der Waals surface area contributed by atoms with E-state index in [2.05, 4.69) is 4.72 Å². The van der Waals surface area contributed by atoms with Gasteiger partial charge in [-0.3, -0.25) is 0 Å². The predicted molar refractivity (Wildman–Crippen MR) is 69.1 cm³/mol. The Morgan fingerprint density at radius 3 is 2.24 bits per heavy atom. The number of nitrogens with one attached hydrogen (secondary N) is 1.